The zero-order valence-electron chi connectivity index (χ0n) is 15.8. The molecule has 3 heteroatoms. The van der Waals surface area contributed by atoms with Crippen LogP contribution in [0.15, 0.2) is 46.9 Å². The van der Waals surface area contributed by atoms with Crippen molar-refractivity contribution in [2.45, 2.75) is 45.1 Å². The highest BCUT2D eigenvalue weighted by Crippen LogP contribution is 2.31. The molecule has 138 valence electrons. The van der Waals surface area contributed by atoms with Gasteiger partial charge in [-0.25, -0.2) is 0 Å². The molecular formula is C24H25NO2. The van der Waals surface area contributed by atoms with E-state index < -0.39 is 0 Å². The van der Waals surface area contributed by atoms with Crippen LogP contribution in [0.1, 0.15) is 47.9 Å². The molecule has 1 fully saturated rings. The maximum atomic E-state index is 11.8. The number of furan rings is 1. The van der Waals surface area contributed by atoms with Crippen LogP contribution in [-0.2, 0) is 12.8 Å². The van der Waals surface area contributed by atoms with Crippen molar-refractivity contribution in [2.24, 2.45) is 0 Å². The second-order valence-corrected chi connectivity index (χ2v) is 8.04. The van der Waals surface area contributed by atoms with Gasteiger partial charge in [0.1, 0.15) is 11.3 Å². The van der Waals surface area contributed by atoms with Crippen molar-refractivity contribution in [3.63, 3.8) is 0 Å². The minimum atomic E-state index is 0.273. The van der Waals surface area contributed by atoms with E-state index in [0.717, 1.165) is 47.4 Å². The third kappa shape index (κ3) is 3.10. The van der Waals surface area contributed by atoms with E-state index in [1.807, 2.05) is 6.07 Å². The van der Waals surface area contributed by atoms with E-state index in [1.54, 1.807) is 0 Å². The van der Waals surface area contributed by atoms with Gasteiger partial charge in [0.05, 0.1) is 0 Å². The van der Waals surface area contributed by atoms with Crippen molar-refractivity contribution in [3.05, 3.63) is 59.4 Å². The summed E-state index contributed by atoms with van der Waals surface area (Å²) in [5.41, 5.74) is 5.34. The van der Waals surface area contributed by atoms with E-state index in [2.05, 4.69) is 48.2 Å². The van der Waals surface area contributed by atoms with Crippen LogP contribution in [0, 0.1) is 0 Å². The zero-order valence-corrected chi connectivity index (χ0v) is 15.8. The molecule has 0 saturated carbocycles. The van der Waals surface area contributed by atoms with E-state index in [4.69, 9.17) is 4.42 Å². The first-order chi connectivity index (χ1) is 13.2. The lowest BCUT2D eigenvalue weighted by Crippen LogP contribution is -2.28. The number of fused-ring (bicyclic) bond motifs is 2. The molecule has 1 saturated heterocycles. The van der Waals surface area contributed by atoms with Crippen molar-refractivity contribution in [1.29, 1.82) is 0 Å². The van der Waals surface area contributed by atoms with Crippen molar-refractivity contribution in [1.82, 2.24) is 4.90 Å². The highest BCUT2D eigenvalue weighted by Gasteiger charge is 2.21. The standard InChI is InChI=1S/C24H25NO2/c1-16-3-2-11-25(16)12-10-21-14-20-5-4-18(15-24(20)27-21)17-6-8-22-19(13-17)7-9-23(22)26/h4-6,8,13-16H,2-3,7,9-12H2,1H3. The van der Waals surface area contributed by atoms with Crippen molar-refractivity contribution in [3.8, 4) is 11.1 Å². The highest BCUT2D eigenvalue weighted by atomic mass is 16.3. The lowest BCUT2D eigenvalue weighted by atomic mass is 10.00. The summed E-state index contributed by atoms with van der Waals surface area (Å²) in [5, 5.41) is 1.17. The second kappa shape index (κ2) is 6.65. The van der Waals surface area contributed by atoms with Crippen molar-refractivity contribution < 1.29 is 9.21 Å². The fourth-order valence-corrected chi connectivity index (χ4v) is 4.60. The normalized spacial score (nSPS) is 19.9. The van der Waals surface area contributed by atoms with E-state index >= 15 is 0 Å². The topological polar surface area (TPSA) is 33.5 Å². The van der Waals surface area contributed by atoms with Crippen LogP contribution in [0.5, 0.6) is 0 Å². The molecule has 1 unspecified atom stereocenters. The van der Waals surface area contributed by atoms with Gasteiger partial charge in [-0.3, -0.25) is 4.79 Å². The maximum Gasteiger partial charge on any atom is 0.163 e. The molecule has 1 aliphatic carbocycles. The Morgan fingerprint density at radius 1 is 1.07 bits per heavy atom. The van der Waals surface area contributed by atoms with Gasteiger partial charge in [-0.05, 0) is 61.6 Å². The molecule has 0 spiro atoms. The first-order valence-electron chi connectivity index (χ1n) is 10.1. The molecule has 0 radical (unpaired) electrons. The maximum absolute atomic E-state index is 11.8. The van der Waals surface area contributed by atoms with Gasteiger partial charge in [-0.2, -0.15) is 0 Å². The van der Waals surface area contributed by atoms with Crippen LogP contribution in [0.4, 0.5) is 0 Å². The number of Topliss-reactive ketones (excluding diaryl/α,β-unsaturated/α-hetero) is 1. The first kappa shape index (κ1) is 16.8. The number of rotatable bonds is 4. The Morgan fingerprint density at radius 3 is 2.78 bits per heavy atom. The Balaban J connectivity index is 1.38. The second-order valence-electron chi connectivity index (χ2n) is 8.04. The Labute approximate surface area is 160 Å². The first-order valence-corrected chi connectivity index (χ1v) is 10.1. The molecule has 0 bridgehead atoms. The van der Waals surface area contributed by atoms with Crippen LogP contribution in [-0.4, -0.2) is 29.8 Å². The Morgan fingerprint density at radius 2 is 1.93 bits per heavy atom. The highest BCUT2D eigenvalue weighted by molar-refractivity contribution is 6.01. The molecule has 2 aliphatic rings. The third-order valence-electron chi connectivity index (χ3n) is 6.27. The Kier molecular flexibility index (Phi) is 4.13. The van der Waals surface area contributed by atoms with E-state index in [9.17, 15) is 4.79 Å². The van der Waals surface area contributed by atoms with Gasteiger partial charge < -0.3 is 9.32 Å². The number of carbonyl (C=O) groups is 1. The average molecular weight is 359 g/mol. The van der Waals surface area contributed by atoms with Crippen LogP contribution in [0.3, 0.4) is 0 Å². The van der Waals surface area contributed by atoms with Gasteiger partial charge in [0, 0.05) is 36.4 Å². The molecule has 27 heavy (non-hydrogen) atoms. The fourth-order valence-electron chi connectivity index (χ4n) is 4.60. The minimum Gasteiger partial charge on any atom is -0.461 e. The van der Waals surface area contributed by atoms with Crippen LogP contribution >= 0.6 is 0 Å². The number of aryl methyl sites for hydroxylation is 1. The summed E-state index contributed by atoms with van der Waals surface area (Å²) in [6.07, 6.45) is 5.11. The summed E-state index contributed by atoms with van der Waals surface area (Å²) < 4.78 is 6.15. The quantitative estimate of drug-likeness (QED) is 0.637. The summed E-state index contributed by atoms with van der Waals surface area (Å²) in [7, 11) is 0. The molecule has 2 aromatic carbocycles. The van der Waals surface area contributed by atoms with Gasteiger partial charge in [-0.1, -0.05) is 30.3 Å². The number of hydrogen-bond acceptors (Lipinski definition) is 3. The molecule has 3 aromatic rings. The molecule has 3 nitrogen and oxygen atoms in total. The third-order valence-corrected chi connectivity index (χ3v) is 6.27. The molecule has 0 amide bonds. The smallest absolute Gasteiger partial charge is 0.163 e. The minimum absolute atomic E-state index is 0.273. The molecule has 1 aliphatic heterocycles. The number of likely N-dealkylation sites (tertiary alicyclic amines) is 1. The van der Waals surface area contributed by atoms with Gasteiger partial charge in [0.2, 0.25) is 0 Å². The van der Waals surface area contributed by atoms with Crippen LogP contribution in [0.2, 0.25) is 0 Å². The van der Waals surface area contributed by atoms with Crippen molar-refractivity contribution in [2.75, 3.05) is 13.1 Å². The molecular weight excluding hydrogens is 334 g/mol. The lowest BCUT2D eigenvalue weighted by molar-refractivity contribution is 0.0994. The van der Waals surface area contributed by atoms with E-state index in [1.165, 1.54) is 30.3 Å². The molecule has 1 aromatic heterocycles. The van der Waals surface area contributed by atoms with Gasteiger partial charge >= 0.3 is 0 Å². The van der Waals surface area contributed by atoms with Crippen LogP contribution < -0.4 is 0 Å². The summed E-state index contributed by atoms with van der Waals surface area (Å²) in [4.78, 5) is 14.4. The van der Waals surface area contributed by atoms with Gasteiger partial charge in [0.25, 0.3) is 0 Å². The predicted octanol–water partition coefficient (Wildman–Crippen LogP) is 5.26. The zero-order chi connectivity index (χ0) is 18.4. The molecule has 1 atom stereocenters. The van der Waals surface area contributed by atoms with Crippen LogP contribution in [0.25, 0.3) is 22.1 Å². The number of ketones is 1. The van der Waals surface area contributed by atoms with E-state index in [0.29, 0.717) is 12.5 Å². The number of benzene rings is 2. The summed E-state index contributed by atoms with van der Waals surface area (Å²) in [5.74, 6) is 1.34. The number of nitrogens with zero attached hydrogens (tertiary/aromatic N) is 1. The predicted molar refractivity (Wildman–Crippen MR) is 108 cm³/mol. The number of hydrogen-bond donors (Lipinski definition) is 0. The van der Waals surface area contributed by atoms with E-state index in [-0.39, 0.29) is 5.78 Å². The summed E-state index contributed by atoms with van der Waals surface area (Å²) in [6, 6.07) is 15.5. The fraction of sp³-hybridized carbons (Fsp3) is 0.375. The number of carbonyl (C=O) groups excluding carboxylic acids is 1. The summed E-state index contributed by atoms with van der Waals surface area (Å²) >= 11 is 0. The summed E-state index contributed by atoms with van der Waals surface area (Å²) in [6.45, 7) is 4.61. The molecule has 0 N–H and O–H groups in total. The average Bonchev–Trinajstić information content (AvgIpc) is 3.37. The Bertz CT molecular complexity index is 1020. The lowest BCUT2D eigenvalue weighted by Gasteiger charge is -2.19. The monoisotopic (exact) mass is 359 g/mol. The SMILES string of the molecule is CC1CCCN1CCc1cc2ccc(-c3ccc4c(c3)CCC4=O)cc2o1. The van der Waals surface area contributed by atoms with Crippen molar-refractivity contribution >= 4 is 16.8 Å². The van der Waals surface area contributed by atoms with Gasteiger partial charge in [-0.15, -0.1) is 0 Å². The Hall–Kier alpha value is -2.39. The largest absolute Gasteiger partial charge is 0.461 e. The molecule has 5 rings (SSSR count). The molecule has 2 heterocycles. The van der Waals surface area contributed by atoms with Gasteiger partial charge in [0.15, 0.2) is 5.78 Å².